The summed E-state index contributed by atoms with van der Waals surface area (Å²) in [5.74, 6) is 1.76. The molecular formula is C22H18N5O2S+. The van der Waals surface area contributed by atoms with Crippen molar-refractivity contribution >= 4 is 23.5 Å². The van der Waals surface area contributed by atoms with Crippen LogP contribution in [0.3, 0.4) is 0 Å². The van der Waals surface area contributed by atoms with Crippen molar-refractivity contribution in [2.24, 2.45) is 0 Å². The largest absolute Gasteiger partial charge is 0.418 e. The van der Waals surface area contributed by atoms with E-state index < -0.39 is 0 Å². The lowest BCUT2D eigenvalue weighted by atomic mass is 9.96. The number of nitroso groups, excluding NO2 is 1. The van der Waals surface area contributed by atoms with Crippen molar-refractivity contribution in [2.75, 3.05) is 18.0 Å². The number of aromatic nitrogens is 1. The fourth-order valence-corrected chi connectivity index (χ4v) is 4.44. The van der Waals surface area contributed by atoms with Gasteiger partial charge >= 0.3 is 5.88 Å². The predicted molar refractivity (Wildman–Crippen MR) is 113 cm³/mol. The predicted octanol–water partition coefficient (Wildman–Crippen LogP) is 3.46. The first-order chi connectivity index (χ1) is 14.7. The second-order valence-electron chi connectivity index (χ2n) is 6.81. The summed E-state index contributed by atoms with van der Waals surface area (Å²) in [6, 6.07) is 17.3. The van der Waals surface area contributed by atoms with Crippen LogP contribution in [0.15, 0.2) is 51.9 Å². The summed E-state index contributed by atoms with van der Waals surface area (Å²) in [5.41, 5.74) is 2.23. The average Bonchev–Trinajstić information content (AvgIpc) is 3.49. The molecule has 0 amide bonds. The van der Waals surface area contributed by atoms with E-state index in [1.54, 1.807) is 17.3 Å². The van der Waals surface area contributed by atoms with E-state index in [-0.39, 0.29) is 5.88 Å². The molecule has 0 atom stereocenters. The van der Waals surface area contributed by atoms with Crippen LogP contribution >= 0.6 is 11.8 Å². The molecule has 1 saturated heterocycles. The summed E-state index contributed by atoms with van der Waals surface area (Å²) in [6.45, 7) is 1.67. The molecule has 2 aromatic heterocycles. The zero-order valence-corrected chi connectivity index (χ0v) is 16.9. The SMILES string of the molecule is N#Cc1c(SCc2ccc([NH+]=O)o2)nc(N2CCCC2)c(C#N)c1-c1ccccc1. The minimum Gasteiger partial charge on any atom is -0.406 e. The number of rotatable bonds is 6. The van der Waals surface area contributed by atoms with Crippen LogP contribution in [0.2, 0.25) is 0 Å². The molecule has 148 valence electrons. The molecule has 0 aliphatic carbocycles. The minimum absolute atomic E-state index is 0.140. The Kier molecular flexibility index (Phi) is 5.78. The number of nitrogens with zero attached hydrogens (tertiary/aromatic N) is 4. The maximum Gasteiger partial charge on any atom is 0.418 e. The quantitative estimate of drug-likeness (QED) is 0.613. The van der Waals surface area contributed by atoms with Gasteiger partial charge in [-0.2, -0.15) is 10.5 Å². The maximum atomic E-state index is 10.7. The van der Waals surface area contributed by atoms with Crippen LogP contribution in [0.25, 0.3) is 11.1 Å². The first-order valence-electron chi connectivity index (χ1n) is 9.53. The third-order valence-corrected chi connectivity index (χ3v) is 5.95. The van der Waals surface area contributed by atoms with Gasteiger partial charge in [-0.05, 0) is 24.5 Å². The standard InChI is InChI=1S/C22H17N5O2S/c23-12-17-20(15-6-2-1-3-7-15)18(13-24)22(25-21(17)27-10-4-5-11-27)30-14-16-8-9-19(26-28)29-16/h1-3,6-9H,4-5,10-11,14H2/p+1. The number of anilines is 1. The second-order valence-corrected chi connectivity index (χ2v) is 7.77. The molecule has 0 bridgehead atoms. The van der Waals surface area contributed by atoms with Crippen LogP contribution < -0.4 is 10.1 Å². The Hall–Kier alpha value is -3.62. The number of hydrogen-bond donors (Lipinski definition) is 1. The molecule has 0 unspecified atom stereocenters. The fraction of sp³-hybridized carbons (Fsp3) is 0.227. The summed E-state index contributed by atoms with van der Waals surface area (Å²) in [6.07, 6.45) is 2.10. The van der Waals surface area contributed by atoms with E-state index in [1.807, 2.05) is 30.3 Å². The summed E-state index contributed by atoms with van der Waals surface area (Å²) in [4.78, 5) is 17.6. The van der Waals surface area contributed by atoms with E-state index in [4.69, 9.17) is 9.40 Å². The molecule has 3 aromatic rings. The van der Waals surface area contributed by atoms with Crippen LogP contribution in [-0.4, -0.2) is 18.1 Å². The van der Waals surface area contributed by atoms with E-state index in [2.05, 4.69) is 17.0 Å². The van der Waals surface area contributed by atoms with Crippen molar-refractivity contribution in [3.05, 3.63) is 64.3 Å². The fourth-order valence-electron chi connectivity index (χ4n) is 3.57. The molecule has 1 fully saturated rings. The van der Waals surface area contributed by atoms with Gasteiger partial charge in [0.1, 0.15) is 34.3 Å². The molecule has 1 aromatic carbocycles. The van der Waals surface area contributed by atoms with Crippen molar-refractivity contribution in [2.45, 2.75) is 23.6 Å². The maximum absolute atomic E-state index is 10.7. The number of nitriles is 2. The van der Waals surface area contributed by atoms with E-state index in [0.29, 0.717) is 39.0 Å². The molecule has 7 nitrogen and oxygen atoms in total. The zero-order valence-electron chi connectivity index (χ0n) is 16.1. The number of pyridine rings is 1. The Morgan fingerprint density at radius 1 is 1.07 bits per heavy atom. The average molecular weight is 416 g/mol. The highest BCUT2D eigenvalue weighted by Crippen LogP contribution is 2.39. The molecule has 4 rings (SSSR count). The lowest BCUT2D eigenvalue weighted by Gasteiger charge is -2.22. The number of thioether (sulfide) groups is 1. The number of nitrogens with one attached hydrogen (secondary N) is 1. The number of benzene rings is 1. The van der Waals surface area contributed by atoms with Gasteiger partial charge in [0, 0.05) is 23.6 Å². The normalized spacial score (nSPS) is 13.1. The third-order valence-electron chi connectivity index (χ3n) is 4.95. The Morgan fingerprint density at radius 3 is 2.43 bits per heavy atom. The molecule has 0 radical (unpaired) electrons. The highest BCUT2D eigenvalue weighted by Gasteiger charge is 2.26. The topological polar surface area (TPSA) is 108 Å². The highest BCUT2D eigenvalue weighted by molar-refractivity contribution is 7.98. The Morgan fingerprint density at radius 2 is 1.80 bits per heavy atom. The van der Waals surface area contributed by atoms with Gasteiger partial charge in [-0.3, -0.25) is 0 Å². The van der Waals surface area contributed by atoms with Crippen LogP contribution in [0.1, 0.15) is 29.7 Å². The molecule has 8 heteroatoms. The van der Waals surface area contributed by atoms with Crippen molar-refractivity contribution in [3.63, 3.8) is 0 Å². The van der Waals surface area contributed by atoms with Gasteiger partial charge in [-0.25, -0.2) is 4.98 Å². The van der Waals surface area contributed by atoms with Gasteiger partial charge < -0.3 is 9.32 Å². The van der Waals surface area contributed by atoms with Crippen LogP contribution in [0.4, 0.5) is 11.7 Å². The van der Waals surface area contributed by atoms with Gasteiger partial charge in [0.15, 0.2) is 0 Å². The smallest absolute Gasteiger partial charge is 0.406 e. The number of hydrogen-bond acceptors (Lipinski definition) is 7. The van der Waals surface area contributed by atoms with Crippen molar-refractivity contribution in [1.82, 2.24) is 4.98 Å². The van der Waals surface area contributed by atoms with Crippen LogP contribution in [0, 0.1) is 27.6 Å². The number of furan rings is 1. The summed E-state index contributed by atoms with van der Waals surface area (Å²) in [7, 11) is 0. The Labute approximate surface area is 177 Å². The lowest BCUT2D eigenvalue weighted by Crippen LogP contribution is -2.55. The first kappa shape index (κ1) is 19.7. The molecule has 1 aliphatic rings. The Balaban J connectivity index is 1.84. The monoisotopic (exact) mass is 416 g/mol. The molecular weight excluding hydrogens is 398 g/mol. The molecule has 3 heterocycles. The molecule has 0 saturated carbocycles. The lowest BCUT2D eigenvalue weighted by molar-refractivity contribution is -0.398. The third kappa shape index (κ3) is 3.78. The van der Waals surface area contributed by atoms with Gasteiger partial charge in [0.25, 0.3) is 0 Å². The summed E-state index contributed by atoms with van der Waals surface area (Å²) >= 11 is 1.36. The van der Waals surface area contributed by atoms with Gasteiger partial charge in [-0.15, -0.1) is 0 Å². The zero-order chi connectivity index (χ0) is 20.9. The summed E-state index contributed by atoms with van der Waals surface area (Å²) in [5, 5.41) is 22.2. The molecule has 0 spiro atoms. The van der Waals surface area contributed by atoms with Gasteiger partial charge in [0.2, 0.25) is 0 Å². The van der Waals surface area contributed by atoms with Crippen LogP contribution in [-0.2, 0) is 5.75 Å². The highest BCUT2D eigenvalue weighted by atomic mass is 32.2. The Bertz CT molecular complexity index is 1150. The molecule has 1 aliphatic heterocycles. The molecule has 30 heavy (non-hydrogen) atoms. The van der Waals surface area contributed by atoms with Crippen molar-refractivity contribution in [1.29, 1.82) is 10.5 Å². The summed E-state index contributed by atoms with van der Waals surface area (Å²) < 4.78 is 5.40. The van der Waals surface area contributed by atoms with Crippen LogP contribution in [0.5, 0.6) is 0 Å². The minimum atomic E-state index is 0.140. The van der Waals surface area contributed by atoms with Gasteiger partial charge in [0.05, 0.1) is 22.6 Å². The van der Waals surface area contributed by atoms with E-state index in [1.165, 1.54) is 11.8 Å². The second kappa shape index (κ2) is 8.81. The van der Waals surface area contributed by atoms with Crippen molar-refractivity contribution in [3.8, 4) is 23.3 Å². The molecule has 1 N–H and O–H groups in total. The van der Waals surface area contributed by atoms with E-state index in [0.717, 1.165) is 31.5 Å². The van der Waals surface area contributed by atoms with Crippen molar-refractivity contribution < 1.29 is 9.59 Å². The van der Waals surface area contributed by atoms with E-state index in [9.17, 15) is 15.4 Å². The first-order valence-corrected chi connectivity index (χ1v) is 10.5. The van der Waals surface area contributed by atoms with E-state index >= 15 is 0 Å². The van der Waals surface area contributed by atoms with Gasteiger partial charge in [-0.1, -0.05) is 42.1 Å².